The second-order valence-electron chi connectivity index (χ2n) is 11.1. The monoisotopic (exact) mass is 620 g/mol. The van der Waals surface area contributed by atoms with Crippen LogP contribution in [0.4, 0.5) is 24.8 Å². The third-order valence-corrected chi connectivity index (χ3v) is 7.76. The summed E-state index contributed by atoms with van der Waals surface area (Å²) < 4.78 is 45.1. The Kier molecular flexibility index (Phi) is 8.39. The lowest BCUT2D eigenvalue weighted by Gasteiger charge is -2.16. The number of nitrogens with one attached hydrogen (secondary N) is 3. The fourth-order valence-electron chi connectivity index (χ4n) is 5.14. The van der Waals surface area contributed by atoms with Crippen molar-refractivity contribution in [2.75, 3.05) is 37.3 Å². The summed E-state index contributed by atoms with van der Waals surface area (Å²) in [6, 6.07) is 10.1. The third-order valence-electron chi connectivity index (χ3n) is 7.76. The van der Waals surface area contributed by atoms with Crippen LogP contribution in [0.25, 0.3) is 11.0 Å². The Hall–Kier alpha value is -4.98. The van der Waals surface area contributed by atoms with E-state index in [1.165, 1.54) is 25.0 Å². The molecule has 0 radical (unpaired) electrons. The maximum Gasteiger partial charge on any atom is 0.416 e. The molecule has 2 aliphatic rings. The van der Waals surface area contributed by atoms with E-state index in [4.69, 9.17) is 4.74 Å². The van der Waals surface area contributed by atoms with Gasteiger partial charge in [-0.1, -0.05) is 6.08 Å². The zero-order valence-corrected chi connectivity index (χ0v) is 24.3. The van der Waals surface area contributed by atoms with Crippen LogP contribution in [0.1, 0.15) is 35.2 Å². The predicted molar refractivity (Wildman–Crippen MR) is 161 cm³/mol. The lowest BCUT2D eigenvalue weighted by molar-refractivity contribution is -0.137. The van der Waals surface area contributed by atoms with E-state index in [1.54, 1.807) is 30.5 Å². The number of alkyl halides is 3. The summed E-state index contributed by atoms with van der Waals surface area (Å²) in [6.07, 6.45) is 4.78. The molecule has 0 spiro atoms. The van der Waals surface area contributed by atoms with E-state index in [-0.39, 0.29) is 23.3 Å². The number of likely N-dealkylation sites (N-methyl/N-ethyl adjacent to an activating group) is 1. The van der Waals surface area contributed by atoms with Gasteiger partial charge in [0, 0.05) is 61.8 Å². The van der Waals surface area contributed by atoms with Crippen LogP contribution < -0.4 is 15.4 Å². The minimum atomic E-state index is -4.55. The van der Waals surface area contributed by atoms with Crippen LogP contribution in [0.3, 0.4) is 0 Å². The molecule has 0 bridgehead atoms. The van der Waals surface area contributed by atoms with Gasteiger partial charge in [0.2, 0.25) is 5.91 Å². The summed E-state index contributed by atoms with van der Waals surface area (Å²) >= 11 is 0. The van der Waals surface area contributed by atoms with Crippen molar-refractivity contribution < 1.29 is 27.5 Å². The first-order chi connectivity index (χ1) is 21.6. The summed E-state index contributed by atoms with van der Waals surface area (Å²) in [6.45, 7) is 1.92. The van der Waals surface area contributed by atoms with Gasteiger partial charge in [0.1, 0.15) is 22.7 Å². The zero-order valence-electron chi connectivity index (χ0n) is 24.3. The van der Waals surface area contributed by atoms with Crippen molar-refractivity contribution in [1.82, 2.24) is 30.0 Å². The average molecular weight is 621 g/mol. The summed E-state index contributed by atoms with van der Waals surface area (Å²) in [5, 5.41) is 13.7. The molecule has 4 aromatic rings. The second-order valence-corrected chi connectivity index (χ2v) is 11.1. The van der Waals surface area contributed by atoms with Crippen molar-refractivity contribution in [2.45, 2.75) is 37.5 Å². The molecule has 1 atom stereocenters. The van der Waals surface area contributed by atoms with Crippen molar-refractivity contribution >= 4 is 34.5 Å². The second kappa shape index (κ2) is 12.6. The third kappa shape index (κ3) is 7.23. The standard InChI is InChI=1S/C31H31F3N8O3/c1-41(22-6-7-22)15-2-3-26(43)42-16-12-21(18-42)37-29-27-24(11-14-36-28(27)39-40-29)45-23-8-4-19(5-9-23)30(44)38-25-17-20(10-13-35-25)31(32,33)34/h2-5,8-11,13-14,17,21-22H,6-7,12,15-16,18H2,1H3,(H,35,38,44)(H2,36,37,39,40)/b3-2+/t21-/m1/s1. The number of likely N-dealkylation sites (tertiary alicyclic amines) is 1. The van der Waals surface area contributed by atoms with E-state index >= 15 is 0 Å². The molecule has 1 aromatic carbocycles. The smallest absolute Gasteiger partial charge is 0.416 e. The molecule has 45 heavy (non-hydrogen) atoms. The molecule has 234 valence electrons. The number of H-pyrrole nitrogens is 1. The number of aromatic nitrogens is 4. The van der Waals surface area contributed by atoms with Gasteiger partial charge in [-0.15, -0.1) is 0 Å². The number of anilines is 2. The molecule has 4 heterocycles. The van der Waals surface area contributed by atoms with Crippen molar-refractivity contribution in [1.29, 1.82) is 0 Å². The normalized spacial score (nSPS) is 16.9. The molecular weight excluding hydrogens is 589 g/mol. The van der Waals surface area contributed by atoms with Crippen molar-refractivity contribution in [3.05, 3.63) is 78.1 Å². The molecule has 1 aliphatic carbocycles. The van der Waals surface area contributed by atoms with E-state index in [2.05, 4.69) is 42.7 Å². The molecule has 1 aliphatic heterocycles. The molecule has 1 saturated carbocycles. The van der Waals surface area contributed by atoms with Gasteiger partial charge in [0.15, 0.2) is 11.5 Å². The van der Waals surface area contributed by atoms with Crippen molar-refractivity contribution in [2.24, 2.45) is 0 Å². The lowest BCUT2D eigenvalue weighted by Crippen LogP contribution is -2.30. The number of amides is 2. The van der Waals surface area contributed by atoms with Crippen LogP contribution >= 0.6 is 0 Å². The number of hydrogen-bond acceptors (Lipinski definition) is 8. The van der Waals surface area contributed by atoms with Gasteiger partial charge in [-0.25, -0.2) is 9.97 Å². The quantitative estimate of drug-likeness (QED) is 0.210. The topological polar surface area (TPSA) is 128 Å². The molecule has 3 N–H and O–H groups in total. The maximum absolute atomic E-state index is 13.0. The Bertz CT molecular complexity index is 1720. The number of carbonyl (C=O) groups excluding carboxylic acids is 2. The van der Waals surface area contributed by atoms with E-state index in [1.807, 2.05) is 11.0 Å². The van der Waals surface area contributed by atoms with Crippen LogP contribution in [-0.2, 0) is 11.0 Å². The Morgan fingerprint density at radius 1 is 1.11 bits per heavy atom. The number of pyridine rings is 2. The van der Waals surface area contributed by atoms with Gasteiger partial charge in [0.25, 0.3) is 5.91 Å². The highest BCUT2D eigenvalue weighted by molar-refractivity contribution is 6.03. The minimum absolute atomic E-state index is 0.00992. The summed E-state index contributed by atoms with van der Waals surface area (Å²) in [5.41, 5.74) is -0.197. The highest BCUT2D eigenvalue weighted by atomic mass is 19.4. The van der Waals surface area contributed by atoms with E-state index in [0.29, 0.717) is 47.5 Å². The van der Waals surface area contributed by atoms with Crippen molar-refractivity contribution in [3.63, 3.8) is 0 Å². The molecule has 0 unspecified atom stereocenters. The molecule has 1 saturated heterocycles. The molecule has 2 amide bonds. The van der Waals surface area contributed by atoms with E-state index < -0.39 is 17.6 Å². The Balaban J connectivity index is 1.08. The maximum atomic E-state index is 13.0. The van der Waals surface area contributed by atoms with Gasteiger partial charge in [-0.05, 0) is 62.7 Å². The first kappa shape index (κ1) is 30.1. The van der Waals surface area contributed by atoms with Gasteiger partial charge >= 0.3 is 6.18 Å². The Labute approximate surface area is 256 Å². The Morgan fingerprint density at radius 2 is 1.89 bits per heavy atom. The highest BCUT2D eigenvalue weighted by Gasteiger charge is 2.31. The molecular formula is C31H31F3N8O3. The number of fused-ring (bicyclic) bond motifs is 1. The lowest BCUT2D eigenvalue weighted by atomic mass is 10.2. The number of ether oxygens (including phenoxy) is 1. The fraction of sp³-hybridized carbons (Fsp3) is 0.323. The van der Waals surface area contributed by atoms with Gasteiger partial charge < -0.3 is 20.3 Å². The summed E-state index contributed by atoms with van der Waals surface area (Å²) in [4.78, 5) is 37.5. The minimum Gasteiger partial charge on any atom is -0.456 e. The number of rotatable bonds is 10. The number of nitrogens with zero attached hydrogens (tertiary/aromatic N) is 5. The predicted octanol–water partition coefficient (Wildman–Crippen LogP) is 5.08. The first-order valence-corrected chi connectivity index (χ1v) is 14.5. The molecule has 3 aromatic heterocycles. The number of benzene rings is 1. The van der Waals surface area contributed by atoms with Crippen LogP contribution in [0, 0.1) is 0 Å². The average Bonchev–Trinajstić information content (AvgIpc) is 3.64. The van der Waals surface area contributed by atoms with Crippen LogP contribution in [0.15, 0.2) is 67.0 Å². The van der Waals surface area contributed by atoms with Gasteiger partial charge in [0.05, 0.1) is 5.56 Å². The van der Waals surface area contributed by atoms with Crippen molar-refractivity contribution in [3.8, 4) is 11.5 Å². The fourth-order valence-corrected chi connectivity index (χ4v) is 5.14. The van der Waals surface area contributed by atoms with E-state index in [9.17, 15) is 22.8 Å². The van der Waals surface area contributed by atoms with Gasteiger partial charge in [-0.3, -0.25) is 19.6 Å². The van der Waals surface area contributed by atoms with Crippen LogP contribution in [0.2, 0.25) is 0 Å². The van der Waals surface area contributed by atoms with Crippen LogP contribution in [0.5, 0.6) is 11.5 Å². The highest BCUT2D eigenvalue weighted by Crippen LogP contribution is 2.34. The number of carbonyl (C=O) groups is 2. The van der Waals surface area contributed by atoms with Gasteiger partial charge in [-0.2, -0.15) is 18.3 Å². The summed E-state index contributed by atoms with van der Waals surface area (Å²) in [5.74, 6) is 0.585. The number of halogens is 3. The molecule has 14 heteroatoms. The van der Waals surface area contributed by atoms with E-state index in [0.717, 1.165) is 31.3 Å². The number of hydrogen-bond donors (Lipinski definition) is 3. The Morgan fingerprint density at radius 3 is 2.64 bits per heavy atom. The number of aromatic amines is 1. The van der Waals surface area contributed by atoms with Crippen LogP contribution in [-0.4, -0.2) is 80.5 Å². The molecule has 6 rings (SSSR count). The first-order valence-electron chi connectivity index (χ1n) is 14.5. The largest absolute Gasteiger partial charge is 0.456 e. The zero-order chi connectivity index (χ0) is 31.6. The summed E-state index contributed by atoms with van der Waals surface area (Å²) in [7, 11) is 2.07. The molecule has 2 fully saturated rings. The SMILES string of the molecule is CN(C/C=C/C(=O)N1CC[C@@H](Nc2n[nH]c3nccc(Oc4ccc(C(=O)Nc5cc(C(F)(F)F)ccn5)cc4)c23)C1)C1CC1. The molecule has 11 nitrogen and oxygen atoms in total.